The van der Waals surface area contributed by atoms with Gasteiger partial charge in [0.15, 0.2) is 0 Å². The van der Waals surface area contributed by atoms with Crippen molar-refractivity contribution in [2.75, 3.05) is 7.05 Å². The van der Waals surface area contributed by atoms with E-state index in [0.29, 0.717) is 19.4 Å². The lowest BCUT2D eigenvalue weighted by Crippen LogP contribution is -2.39. The van der Waals surface area contributed by atoms with Crippen LogP contribution in [0.4, 0.5) is 0 Å². The predicted molar refractivity (Wildman–Crippen MR) is 73.8 cm³/mol. The number of nitrogens with zero attached hydrogens (tertiary/aromatic N) is 1. The zero-order chi connectivity index (χ0) is 13.8. The molecule has 1 aliphatic carbocycles. The second-order valence-electron chi connectivity index (χ2n) is 4.82. The number of thiophene rings is 1. The average Bonchev–Trinajstić information content (AvgIpc) is 2.90. The Morgan fingerprint density at radius 1 is 1.37 bits per heavy atom. The van der Waals surface area contributed by atoms with E-state index < -0.39 is 17.8 Å². The van der Waals surface area contributed by atoms with Gasteiger partial charge >= 0.3 is 5.97 Å². The lowest BCUT2D eigenvalue weighted by molar-refractivity contribution is -0.150. The number of amides is 1. The Labute approximate surface area is 116 Å². The molecule has 1 aromatic rings. The lowest BCUT2D eigenvalue weighted by atomic mass is 9.82. The van der Waals surface area contributed by atoms with Crippen LogP contribution in [0.5, 0.6) is 0 Å². The summed E-state index contributed by atoms with van der Waals surface area (Å²) < 4.78 is 0. The number of aliphatic carboxylic acids is 1. The number of allylic oxidation sites excluding steroid dienone is 2. The third-order valence-electron chi connectivity index (χ3n) is 3.44. The quantitative estimate of drug-likeness (QED) is 0.861. The maximum atomic E-state index is 12.4. The molecule has 1 N–H and O–H groups in total. The van der Waals surface area contributed by atoms with Crippen molar-refractivity contribution in [2.45, 2.75) is 19.4 Å². The third-order valence-corrected chi connectivity index (χ3v) is 4.17. The molecule has 19 heavy (non-hydrogen) atoms. The monoisotopic (exact) mass is 279 g/mol. The molecule has 0 aliphatic heterocycles. The molecule has 0 fully saturated rings. The maximum absolute atomic E-state index is 12.4. The largest absolute Gasteiger partial charge is 0.481 e. The Bertz CT molecular complexity index is 481. The van der Waals surface area contributed by atoms with Crippen LogP contribution in [0.15, 0.2) is 29.0 Å². The molecule has 1 heterocycles. The first-order valence-electron chi connectivity index (χ1n) is 6.23. The van der Waals surface area contributed by atoms with Crippen molar-refractivity contribution >= 4 is 23.2 Å². The number of carboxylic acid groups (broad SMARTS) is 1. The van der Waals surface area contributed by atoms with E-state index in [1.165, 1.54) is 0 Å². The van der Waals surface area contributed by atoms with Crippen LogP contribution in [0.2, 0.25) is 0 Å². The molecule has 0 saturated carbocycles. The topological polar surface area (TPSA) is 57.6 Å². The van der Waals surface area contributed by atoms with E-state index in [9.17, 15) is 14.7 Å². The number of carboxylic acids is 1. The summed E-state index contributed by atoms with van der Waals surface area (Å²) in [5.41, 5.74) is 1.08. The Morgan fingerprint density at radius 2 is 2.05 bits per heavy atom. The minimum absolute atomic E-state index is 0.0806. The standard InChI is InChI=1S/C14H17NO3S/c1-15(8-10-6-7-19-9-10)13(16)11-4-2-3-5-12(11)14(17)18/h2-3,6-7,9,11-12H,4-5,8H2,1H3,(H,17,18)/t11-,12+/m1/s1. The highest BCUT2D eigenvalue weighted by atomic mass is 32.1. The van der Waals surface area contributed by atoms with Gasteiger partial charge in [-0.25, -0.2) is 0 Å². The molecule has 4 nitrogen and oxygen atoms in total. The van der Waals surface area contributed by atoms with Crippen molar-refractivity contribution in [1.29, 1.82) is 0 Å². The van der Waals surface area contributed by atoms with Gasteiger partial charge in [0.2, 0.25) is 5.91 Å². The van der Waals surface area contributed by atoms with Crippen LogP contribution in [0.3, 0.4) is 0 Å². The van der Waals surface area contributed by atoms with Gasteiger partial charge in [-0.05, 0) is 35.2 Å². The number of hydrogen-bond acceptors (Lipinski definition) is 3. The first kappa shape index (κ1) is 13.8. The van der Waals surface area contributed by atoms with Crippen LogP contribution in [0.25, 0.3) is 0 Å². The number of carbonyl (C=O) groups is 2. The SMILES string of the molecule is CN(Cc1ccsc1)C(=O)[C@@H]1CC=CC[C@@H]1C(=O)O. The number of rotatable bonds is 4. The minimum atomic E-state index is -0.883. The van der Waals surface area contributed by atoms with Crippen LogP contribution < -0.4 is 0 Å². The van der Waals surface area contributed by atoms with Crippen LogP contribution in [0, 0.1) is 11.8 Å². The molecule has 1 aliphatic rings. The summed E-state index contributed by atoms with van der Waals surface area (Å²) in [6, 6.07) is 1.98. The van der Waals surface area contributed by atoms with E-state index in [1.54, 1.807) is 23.3 Å². The van der Waals surface area contributed by atoms with Gasteiger partial charge in [0.05, 0.1) is 11.8 Å². The van der Waals surface area contributed by atoms with E-state index in [4.69, 9.17) is 0 Å². The highest BCUT2D eigenvalue weighted by molar-refractivity contribution is 7.07. The molecule has 102 valence electrons. The van der Waals surface area contributed by atoms with Crippen LogP contribution >= 0.6 is 11.3 Å². The van der Waals surface area contributed by atoms with Gasteiger partial charge in [-0.2, -0.15) is 11.3 Å². The molecule has 2 rings (SSSR count). The summed E-state index contributed by atoms with van der Waals surface area (Å²) in [4.78, 5) is 25.2. The van der Waals surface area contributed by atoms with Crippen LogP contribution in [-0.4, -0.2) is 28.9 Å². The molecular formula is C14H17NO3S. The van der Waals surface area contributed by atoms with E-state index in [-0.39, 0.29) is 5.91 Å². The Morgan fingerprint density at radius 3 is 2.63 bits per heavy atom. The molecule has 0 aromatic carbocycles. The first-order chi connectivity index (χ1) is 9.09. The summed E-state index contributed by atoms with van der Waals surface area (Å²) in [7, 11) is 1.73. The molecule has 0 spiro atoms. The van der Waals surface area contributed by atoms with Crippen molar-refractivity contribution in [3.05, 3.63) is 34.5 Å². The molecular weight excluding hydrogens is 262 g/mol. The van der Waals surface area contributed by atoms with Gasteiger partial charge in [-0.15, -0.1) is 0 Å². The van der Waals surface area contributed by atoms with Crippen molar-refractivity contribution in [3.8, 4) is 0 Å². The van der Waals surface area contributed by atoms with Crippen LogP contribution in [0.1, 0.15) is 18.4 Å². The van der Waals surface area contributed by atoms with Gasteiger partial charge in [0, 0.05) is 13.6 Å². The lowest BCUT2D eigenvalue weighted by Gasteiger charge is -2.28. The van der Waals surface area contributed by atoms with Crippen molar-refractivity contribution in [1.82, 2.24) is 4.90 Å². The highest BCUT2D eigenvalue weighted by Gasteiger charge is 2.35. The molecule has 1 aromatic heterocycles. The highest BCUT2D eigenvalue weighted by Crippen LogP contribution is 2.28. The second kappa shape index (κ2) is 6.02. The fourth-order valence-corrected chi connectivity index (χ4v) is 3.04. The Balaban J connectivity index is 2.05. The molecule has 0 radical (unpaired) electrons. The normalized spacial score (nSPS) is 22.2. The van der Waals surface area contributed by atoms with E-state index in [2.05, 4.69) is 0 Å². The summed E-state index contributed by atoms with van der Waals surface area (Å²) >= 11 is 1.59. The first-order valence-corrected chi connectivity index (χ1v) is 7.17. The molecule has 0 saturated heterocycles. The smallest absolute Gasteiger partial charge is 0.307 e. The summed E-state index contributed by atoms with van der Waals surface area (Å²) in [5, 5.41) is 13.2. The van der Waals surface area contributed by atoms with Gasteiger partial charge in [-0.1, -0.05) is 12.2 Å². The van der Waals surface area contributed by atoms with Crippen LogP contribution in [-0.2, 0) is 16.1 Å². The van der Waals surface area contributed by atoms with E-state index >= 15 is 0 Å². The van der Waals surface area contributed by atoms with Crippen molar-refractivity contribution in [3.63, 3.8) is 0 Å². The third kappa shape index (κ3) is 3.23. The Kier molecular flexibility index (Phi) is 4.37. The summed E-state index contributed by atoms with van der Waals surface area (Å²) in [6.45, 7) is 0.537. The second-order valence-corrected chi connectivity index (χ2v) is 5.60. The fraction of sp³-hybridized carbons (Fsp3) is 0.429. The molecule has 1 amide bonds. The summed E-state index contributed by atoms with van der Waals surface area (Å²) in [5.74, 6) is -2.00. The summed E-state index contributed by atoms with van der Waals surface area (Å²) in [6.07, 6.45) is 4.71. The van der Waals surface area contributed by atoms with Gasteiger partial charge in [-0.3, -0.25) is 9.59 Å². The number of carbonyl (C=O) groups excluding carboxylic acids is 1. The van der Waals surface area contributed by atoms with Gasteiger partial charge < -0.3 is 10.0 Å². The zero-order valence-electron chi connectivity index (χ0n) is 10.8. The van der Waals surface area contributed by atoms with Gasteiger partial charge in [0.1, 0.15) is 0 Å². The molecule has 0 bridgehead atoms. The fourth-order valence-electron chi connectivity index (χ4n) is 2.38. The molecule has 0 unspecified atom stereocenters. The van der Waals surface area contributed by atoms with Crippen molar-refractivity contribution in [2.24, 2.45) is 11.8 Å². The van der Waals surface area contributed by atoms with Gasteiger partial charge in [0.25, 0.3) is 0 Å². The predicted octanol–water partition coefficient (Wildman–Crippen LogP) is 2.37. The number of hydrogen-bond donors (Lipinski definition) is 1. The maximum Gasteiger partial charge on any atom is 0.307 e. The molecule has 2 atom stereocenters. The van der Waals surface area contributed by atoms with E-state index in [1.807, 2.05) is 29.0 Å². The zero-order valence-corrected chi connectivity index (χ0v) is 11.6. The Hall–Kier alpha value is -1.62. The van der Waals surface area contributed by atoms with E-state index in [0.717, 1.165) is 5.56 Å². The molecule has 5 heteroatoms. The van der Waals surface area contributed by atoms with Crippen molar-refractivity contribution < 1.29 is 14.7 Å². The minimum Gasteiger partial charge on any atom is -0.481 e. The average molecular weight is 279 g/mol.